The van der Waals surface area contributed by atoms with E-state index < -0.39 is 0 Å². The van der Waals surface area contributed by atoms with Crippen LogP contribution in [-0.4, -0.2) is 29.3 Å². The molecule has 0 aliphatic carbocycles. The van der Waals surface area contributed by atoms with Crippen LogP contribution in [0.25, 0.3) is 6.08 Å². The number of aryl methyl sites for hydroxylation is 1. The van der Waals surface area contributed by atoms with Crippen LogP contribution < -0.4 is 4.90 Å². The van der Waals surface area contributed by atoms with E-state index >= 15 is 0 Å². The Balaban J connectivity index is 2.23. The molecule has 3 nitrogen and oxygen atoms in total. The summed E-state index contributed by atoms with van der Waals surface area (Å²) in [7, 11) is 0. The zero-order valence-electron chi connectivity index (χ0n) is 8.27. The summed E-state index contributed by atoms with van der Waals surface area (Å²) >= 11 is 0. The van der Waals surface area contributed by atoms with Crippen LogP contribution in [0.1, 0.15) is 11.3 Å². The molecule has 2 heterocycles. The molecule has 1 saturated heterocycles. The molecule has 1 aliphatic rings. The highest BCUT2D eigenvalue weighted by Crippen LogP contribution is 2.20. The summed E-state index contributed by atoms with van der Waals surface area (Å²) < 4.78 is 0. The van der Waals surface area contributed by atoms with Crippen molar-refractivity contribution >= 4 is 11.9 Å². The monoisotopic (exact) mass is 190 g/mol. The molecule has 0 saturated carbocycles. The van der Waals surface area contributed by atoms with E-state index in [1.165, 1.54) is 0 Å². The van der Waals surface area contributed by atoms with Crippen molar-refractivity contribution in [2.45, 2.75) is 13.0 Å². The van der Waals surface area contributed by atoms with Crippen molar-refractivity contribution in [1.82, 2.24) is 4.98 Å². The van der Waals surface area contributed by atoms with Crippen molar-refractivity contribution in [2.75, 3.05) is 18.0 Å². The third-order valence-electron chi connectivity index (χ3n) is 2.50. The average molecular weight is 190 g/mol. The second-order valence-electron chi connectivity index (χ2n) is 3.63. The van der Waals surface area contributed by atoms with Crippen LogP contribution in [0.4, 0.5) is 5.82 Å². The first kappa shape index (κ1) is 9.21. The van der Waals surface area contributed by atoms with Crippen LogP contribution in [-0.2, 0) is 0 Å². The third-order valence-corrected chi connectivity index (χ3v) is 2.50. The SMILES string of the molecule is C=Cc1nc(N2CC(O)C2)ccc1C. The number of aliphatic hydroxyl groups excluding tert-OH is 1. The molecule has 1 aliphatic heterocycles. The molecule has 0 radical (unpaired) electrons. The Labute approximate surface area is 83.7 Å². The topological polar surface area (TPSA) is 36.4 Å². The van der Waals surface area contributed by atoms with Crippen LogP contribution in [0, 0.1) is 6.92 Å². The molecule has 0 aromatic carbocycles. The minimum absolute atomic E-state index is 0.190. The first-order chi connectivity index (χ1) is 6.70. The molecule has 0 spiro atoms. The van der Waals surface area contributed by atoms with Crippen LogP contribution in [0.2, 0.25) is 0 Å². The van der Waals surface area contributed by atoms with E-state index in [9.17, 15) is 5.11 Å². The van der Waals surface area contributed by atoms with Gasteiger partial charge in [0.1, 0.15) is 5.82 Å². The summed E-state index contributed by atoms with van der Waals surface area (Å²) in [4.78, 5) is 6.50. The Morgan fingerprint density at radius 3 is 2.86 bits per heavy atom. The molecule has 0 amide bonds. The predicted octanol–water partition coefficient (Wildman–Crippen LogP) is 1.21. The lowest BCUT2D eigenvalue weighted by atomic mass is 10.1. The number of rotatable bonds is 2. The van der Waals surface area contributed by atoms with Gasteiger partial charge >= 0.3 is 0 Å². The van der Waals surface area contributed by atoms with Gasteiger partial charge in [-0.25, -0.2) is 4.98 Å². The lowest BCUT2D eigenvalue weighted by Crippen LogP contribution is -2.51. The zero-order chi connectivity index (χ0) is 10.1. The van der Waals surface area contributed by atoms with E-state index in [4.69, 9.17) is 0 Å². The van der Waals surface area contributed by atoms with Crippen molar-refractivity contribution in [3.8, 4) is 0 Å². The van der Waals surface area contributed by atoms with Crippen molar-refractivity contribution in [3.05, 3.63) is 30.0 Å². The number of aromatic nitrogens is 1. The molecule has 0 bridgehead atoms. The van der Waals surface area contributed by atoms with Gasteiger partial charge in [-0.1, -0.05) is 12.6 Å². The molecular formula is C11H14N2O. The van der Waals surface area contributed by atoms with Crippen molar-refractivity contribution in [2.24, 2.45) is 0 Å². The van der Waals surface area contributed by atoms with Gasteiger partial charge in [-0.05, 0) is 24.6 Å². The van der Waals surface area contributed by atoms with E-state index in [1.54, 1.807) is 6.08 Å². The lowest BCUT2D eigenvalue weighted by Gasteiger charge is -2.37. The van der Waals surface area contributed by atoms with Gasteiger partial charge in [-0.15, -0.1) is 0 Å². The second-order valence-corrected chi connectivity index (χ2v) is 3.63. The van der Waals surface area contributed by atoms with Crippen LogP contribution in [0.5, 0.6) is 0 Å². The molecule has 1 N–H and O–H groups in total. The number of nitrogens with zero attached hydrogens (tertiary/aromatic N) is 2. The first-order valence-corrected chi connectivity index (χ1v) is 4.74. The summed E-state index contributed by atoms with van der Waals surface area (Å²) in [5, 5.41) is 9.17. The first-order valence-electron chi connectivity index (χ1n) is 4.74. The third kappa shape index (κ3) is 1.51. The summed E-state index contributed by atoms with van der Waals surface area (Å²) in [5.41, 5.74) is 2.05. The van der Waals surface area contributed by atoms with Gasteiger partial charge in [-0.3, -0.25) is 0 Å². The molecule has 3 heteroatoms. The normalized spacial score (nSPS) is 16.6. The van der Waals surface area contributed by atoms with Gasteiger partial charge in [-0.2, -0.15) is 0 Å². The molecular weight excluding hydrogens is 176 g/mol. The maximum atomic E-state index is 9.17. The zero-order valence-corrected chi connectivity index (χ0v) is 8.27. The number of hydrogen-bond acceptors (Lipinski definition) is 3. The van der Waals surface area contributed by atoms with Crippen LogP contribution in [0.15, 0.2) is 18.7 Å². The summed E-state index contributed by atoms with van der Waals surface area (Å²) in [6.07, 6.45) is 1.57. The molecule has 1 aromatic rings. The fraction of sp³-hybridized carbons (Fsp3) is 0.364. The lowest BCUT2D eigenvalue weighted by molar-refractivity contribution is 0.141. The fourth-order valence-electron chi connectivity index (χ4n) is 1.56. The highest BCUT2D eigenvalue weighted by molar-refractivity contribution is 5.53. The number of β-amino-alcohol motifs (C(OH)–C–C–N with tert-alkyl or cyclic N) is 1. The summed E-state index contributed by atoms with van der Waals surface area (Å²) in [6, 6.07) is 4.01. The number of hydrogen-bond donors (Lipinski definition) is 1. The summed E-state index contributed by atoms with van der Waals surface area (Å²) in [5.74, 6) is 0.927. The Bertz CT molecular complexity index is 356. The van der Waals surface area contributed by atoms with Crippen molar-refractivity contribution in [1.29, 1.82) is 0 Å². The van der Waals surface area contributed by atoms with E-state index in [2.05, 4.69) is 16.5 Å². The van der Waals surface area contributed by atoms with Gasteiger partial charge in [0, 0.05) is 13.1 Å². The van der Waals surface area contributed by atoms with E-state index in [0.717, 1.165) is 17.1 Å². The maximum absolute atomic E-state index is 9.17. The largest absolute Gasteiger partial charge is 0.389 e. The Hall–Kier alpha value is -1.35. The molecule has 0 atom stereocenters. The quantitative estimate of drug-likeness (QED) is 0.761. The van der Waals surface area contributed by atoms with E-state index in [0.29, 0.717) is 13.1 Å². The van der Waals surface area contributed by atoms with E-state index in [-0.39, 0.29) is 6.10 Å². The fourth-order valence-corrected chi connectivity index (χ4v) is 1.56. The molecule has 14 heavy (non-hydrogen) atoms. The minimum atomic E-state index is -0.190. The smallest absolute Gasteiger partial charge is 0.129 e. The Morgan fingerprint density at radius 2 is 2.29 bits per heavy atom. The van der Waals surface area contributed by atoms with Crippen molar-refractivity contribution < 1.29 is 5.11 Å². The minimum Gasteiger partial charge on any atom is -0.389 e. The highest BCUT2D eigenvalue weighted by Gasteiger charge is 2.25. The number of pyridine rings is 1. The number of aliphatic hydroxyl groups is 1. The highest BCUT2D eigenvalue weighted by atomic mass is 16.3. The molecule has 1 aromatic heterocycles. The predicted molar refractivity (Wildman–Crippen MR) is 57.3 cm³/mol. The number of anilines is 1. The molecule has 0 unspecified atom stereocenters. The van der Waals surface area contributed by atoms with Crippen molar-refractivity contribution in [3.63, 3.8) is 0 Å². The summed E-state index contributed by atoms with van der Waals surface area (Å²) in [6.45, 7) is 7.11. The molecule has 1 fully saturated rings. The van der Waals surface area contributed by atoms with Crippen LogP contribution in [0.3, 0.4) is 0 Å². The molecule has 74 valence electrons. The maximum Gasteiger partial charge on any atom is 0.129 e. The van der Waals surface area contributed by atoms with E-state index in [1.807, 2.05) is 19.1 Å². The second kappa shape index (κ2) is 3.42. The molecule has 2 rings (SSSR count). The van der Waals surface area contributed by atoms with Gasteiger partial charge in [0.15, 0.2) is 0 Å². The van der Waals surface area contributed by atoms with Gasteiger partial charge < -0.3 is 10.0 Å². The van der Waals surface area contributed by atoms with Gasteiger partial charge in [0.05, 0.1) is 11.8 Å². The van der Waals surface area contributed by atoms with Gasteiger partial charge in [0.2, 0.25) is 0 Å². The Kier molecular flexibility index (Phi) is 2.25. The Morgan fingerprint density at radius 1 is 1.57 bits per heavy atom. The average Bonchev–Trinajstić information content (AvgIpc) is 2.14. The standard InChI is InChI=1S/C11H14N2O/c1-3-10-8(2)4-5-11(12-10)13-6-9(14)7-13/h3-5,9,14H,1,6-7H2,2H3. The van der Waals surface area contributed by atoms with Gasteiger partial charge in [0.25, 0.3) is 0 Å². The van der Waals surface area contributed by atoms with Crippen LogP contribution >= 0.6 is 0 Å².